The number of carbonyl (C=O) groups excluding carboxylic acids is 1. The number of nitrogens with one attached hydrogen (secondary N) is 1. The molecule has 2 aromatic carbocycles. The van der Waals surface area contributed by atoms with Gasteiger partial charge in [0.05, 0.1) is 18.1 Å². The molecule has 0 bridgehead atoms. The number of anilines is 1. The zero-order valence-corrected chi connectivity index (χ0v) is 19.1. The average Bonchev–Trinajstić information content (AvgIpc) is 2.84. The number of nitrogens with zero attached hydrogens (tertiary/aromatic N) is 2. The molecule has 0 radical (unpaired) electrons. The lowest BCUT2D eigenvalue weighted by atomic mass is 9.93. The third-order valence-electron chi connectivity index (χ3n) is 6.30. The number of likely N-dealkylation sites (tertiary alicyclic amines) is 1. The second-order valence-electron chi connectivity index (χ2n) is 8.47. The molecule has 0 unspecified atom stereocenters. The number of benzene rings is 2. The van der Waals surface area contributed by atoms with E-state index in [0.29, 0.717) is 17.2 Å². The van der Waals surface area contributed by atoms with Gasteiger partial charge < -0.3 is 9.64 Å². The molecule has 2 heterocycles. The third kappa shape index (κ3) is 5.88. The lowest BCUT2D eigenvalue weighted by Gasteiger charge is -2.34. The van der Waals surface area contributed by atoms with Gasteiger partial charge in [0.1, 0.15) is 0 Å². The van der Waals surface area contributed by atoms with Crippen molar-refractivity contribution in [2.24, 2.45) is 5.92 Å². The van der Waals surface area contributed by atoms with E-state index in [4.69, 9.17) is 4.74 Å². The van der Waals surface area contributed by atoms with Crippen LogP contribution in [0.25, 0.3) is 0 Å². The first kappa shape index (κ1) is 22.8. The Morgan fingerprint density at radius 2 is 1.59 bits per heavy atom. The summed E-state index contributed by atoms with van der Waals surface area (Å²) in [7, 11) is -3.69. The largest absolute Gasteiger partial charge is 0.379 e. The van der Waals surface area contributed by atoms with Crippen molar-refractivity contribution in [1.29, 1.82) is 0 Å². The van der Waals surface area contributed by atoms with Gasteiger partial charge in [0, 0.05) is 37.4 Å². The SMILES string of the molecule is O=C(c1ccc(S(=O)(=O)Nc2ccccc2)cc1)N1CCC(CCN2CCOCC2)CC1. The fourth-order valence-corrected chi connectivity index (χ4v) is 5.35. The Morgan fingerprint density at radius 3 is 2.25 bits per heavy atom. The van der Waals surface area contributed by atoms with Gasteiger partial charge in [-0.15, -0.1) is 0 Å². The molecule has 1 amide bonds. The Hall–Kier alpha value is -2.42. The molecular weight excluding hydrogens is 426 g/mol. The van der Waals surface area contributed by atoms with Gasteiger partial charge in [-0.2, -0.15) is 0 Å². The van der Waals surface area contributed by atoms with Gasteiger partial charge >= 0.3 is 0 Å². The van der Waals surface area contributed by atoms with Crippen LogP contribution in [0.3, 0.4) is 0 Å². The zero-order chi connectivity index (χ0) is 22.4. The summed E-state index contributed by atoms with van der Waals surface area (Å²) < 4.78 is 33.1. The monoisotopic (exact) mass is 457 g/mol. The Labute approximate surface area is 190 Å². The molecule has 0 aliphatic carbocycles. The van der Waals surface area contributed by atoms with Crippen molar-refractivity contribution in [3.63, 3.8) is 0 Å². The maximum absolute atomic E-state index is 12.9. The van der Waals surface area contributed by atoms with Crippen molar-refractivity contribution < 1.29 is 17.9 Å². The molecule has 7 nitrogen and oxygen atoms in total. The molecule has 1 N–H and O–H groups in total. The van der Waals surface area contributed by atoms with Gasteiger partial charge in [0.2, 0.25) is 0 Å². The minimum Gasteiger partial charge on any atom is -0.379 e. The van der Waals surface area contributed by atoms with Crippen molar-refractivity contribution in [2.75, 3.05) is 50.7 Å². The number of para-hydroxylation sites is 1. The van der Waals surface area contributed by atoms with Crippen LogP contribution in [0.15, 0.2) is 59.5 Å². The molecule has 4 rings (SSSR count). The summed E-state index contributed by atoms with van der Waals surface area (Å²) in [5.41, 5.74) is 1.03. The Balaban J connectivity index is 1.28. The summed E-state index contributed by atoms with van der Waals surface area (Å²) in [4.78, 5) is 17.4. The van der Waals surface area contributed by atoms with E-state index >= 15 is 0 Å². The highest BCUT2D eigenvalue weighted by molar-refractivity contribution is 7.92. The summed E-state index contributed by atoms with van der Waals surface area (Å²) >= 11 is 0. The number of morpholine rings is 1. The second-order valence-corrected chi connectivity index (χ2v) is 10.2. The number of hydrogen-bond donors (Lipinski definition) is 1. The van der Waals surface area contributed by atoms with E-state index in [0.717, 1.165) is 58.8 Å². The van der Waals surface area contributed by atoms with Gasteiger partial charge in [-0.1, -0.05) is 18.2 Å². The number of piperidine rings is 1. The van der Waals surface area contributed by atoms with Crippen LogP contribution in [-0.4, -0.2) is 70.1 Å². The molecule has 32 heavy (non-hydrogen) atoms. The molecule has 2 saturated heterocycles. The topological polar surface area (TPSA) is 79.0 Å². The number of ether oxygens (including phenoxy) is 1. The summed E-state index contributed by atoms with van der Waals surface area (Å²) in [6.45, 7) is 6.30. The van der Waals surface area contributed by atoms with Crippen LogP contribution in [-0.2, 0) is 14.8 Å². The molecule has 2 fully saturated rings. The second kappa shape index (κ2) is 10.5. The van der Waals surface area contributed by atoms with Crippen LogP contribution in [0.4, 0.5) is 5.69 Å². The molecule has 0 aromatic heterocycles. The molecular formula is C24H31N3O4S. The molecule has 2 aliphatic rings. The number of carbonyl (C=O) groups is 1. The minimum absolute atomic E-state index is 0.0309. The van der Waals surface area contributed by atoms with Crippen molar-refractivity contribution in [2.45, 2.75) is 24.2 Å². The van der Waals surface area contributed by atoms with Crippen LogP contribution in [0.1, 0.15) is 29.6 Å². The van der Waals surface area contributed by atoms with Gasteiger partial charge in [0.15, 0.2) is 0 Å². The van der Waals surface area contributed by atoms with Crippen LogP contribution in [0, 0.1) is 5.92 Å². The van der Waals surface area contributed by atoms with Crippen molar-refractivity contribution in [3.8, 4) is 0 Å². The number of sulfonamides is 1. The Bertz CT molecular complexity index is 982. The number of rotatable bonds is 7. The minimum atomic E-state index is -3.69. The van der Waals surface area contributed by atoms with Gasteiger partial charge in [-0.25, -0.2) is 8.42 Å². The summed E-state index contributed by atoms with van der Waals surface area (Å²) in [5.74, 6) is 0.620. The lowest BCUT2D eigenvalue weighted by Crippen LogP contribution is -2.40. The molecule has 172 valence electrons. The van der Waals surface area contributed by atoms with Gasteiger partial charge in [-0.05, 0) is 68.1 Å². The summed E-state index contributed by atoms with van der Waals surface area (Å²) in [6.07, 6.45) is 3.20. The predicted octanol–water partition coefficient (Wildman–Crippen LogP) is 3.06. The van der Waals surface area contributed by atoms with E-state index in [1.54, 1.807) is 36.4 Å². The van der Waals surface area contributed by atoms with Crippen LogP contribution in [0.2, 0.25) is 0 Å². The highest BCUT2D eigenvalue weighted by Gasteiger charge is 2.25. The van der Waals surface area contributed by atoms with Crippen LogP contribution in [0.5, 0.6) is 0 Å². The fraction of sp³-hybridized carbons (Fsp3) is 0.458. The van der Waals surface area contributed by atoms with Crippen molar-refractivity contribution in [1.82, 2.24) is 9.80 Å². The number of hydrogen-bond acceptors (Lipinski definition) is 5. The van der Waals surface area contributed by atoms with E-state index in [1.165, 1.54) is 18.6 Å². The highest BCUT2D eigenvalue weighted by atomic mass is 32.2. The lowest BCUT2D eigenvalue weighted by molar-refractivity contribution is 0.0332. The highest BCUT2D eigenvalue weighted by Crippen LogP contribution is 2.23. The first-order valence-electron chi connectivity index (χ1n) is 11.3. The fourth-order valence-electron chi connectivity index (χ4n) is 4.29. The molecule has 2 aliphatic heterocycles. The average molecular weight is 458 g/mol. The number of amides is 1. The maximum atomic E-state index is 12.9. The standard InChI is InChI=1S/C24H31N3O4S/c28-24(27-14-11-20(12-15-27)10-13-26-16-18-31-19-17-26)21-6-8-23(9-7-21)32(29,30)25-22-4-2-1-3-5-22/h1-9,20,25H,10-19H2. The zero-order valence-electron chi connectivity index (χ0n) is 18.3. The summed E-state index contributed by atoms with van der Waals surface area (Å²) in [6, 6.07) is 14.9. The van der Waals surface area contributed by atoms with Gasteiger partial charge in [0.25, 0.3) is 15.9 Å². The van der Waals surface area contributed by atoms with E-state index in [2.05, 4.69) is 9.62 Å². The van der Waals surface area contributed by atoms with Crippen LogP contribution < -0.4 is 4.72 Å². The molecule has 0 atom stereocenters. The molecule has 0 saturated carbocycles. The molecule has 8 heteroatoms. The van der Waals surface area contributed by atoms with E-state index in [9.17, 15) is 13.2 Å². The summed E-state index contributed by atoms with van der Waals surface area (Å²) in [5, 5.41) is 0. The van der Waals surface area contributed by atoms with Gasteiger partial charge in [-0.3, -0.25) is 14.4 Å². The predicted molar refractivity (Wildman–Crippen MR) is 124 cm³/mol. The molecule has 2 aromatic rings. The van der Waals surface area contributed by atoms with E-state index < -0.39 is 10.0 Å². The first-order chi connectivity index (χ1) is 15.5. The smallest absolute Gasteiger partial charge is 0.261 e. The first-order valence-corrected chi connectivity index (χ1v) is 12.8. The Morgan fingerprint density at radius 1 is 0.938 bits per heavy atom. The van der Waals surface area contributed by atoms with E-state index in [-0.39, 0.29) is 10.8 Å². The van der Waals surface area contributed by atoms with Crippen molar-refractivity contribution >= 4 is 21.6 Å². The third-order valence-corrected chi connectivity index (χ3v) is 7.69. The van der Waals surface area contributed by atoms with E-state index in [1.807, 2.05) is 11.0 Å². The maximum Gasteiger partial charge on any atom is 0.261 e. The Kier molecular flexibility index (Phi) is 7.44. The molecule has 0 spiro atoms. The van der Waals surface area contributed by atoms with Crippen LogP contribution >= 0.6 is 0 Å². The quantitative estimate of drug-likeness (QED) is 0.691. The normalized spacial score (nSPS) is 18.4. The van der Waals surface area contributed by atoms with Crippen molar-refractivity contribution in [3.05, 3.63) is 60.2 Å².